The maximum atomic E-state index is 5.90. The Hall–Kier alpha value is -1.22. The molecule has 3 nitrogen and oxygen atoms in total. The molecule has 1 aromatic carbocycles. The third-order valence-electron chi connectivity index (χ3n) is 5.48. The highest BCUT2D eigenvalue weighted by atomic mass is 16.5. The number of hydrogen-bond donors (Lipinski definition) is 0. The fourth-order valence-corrected chi connectivity index (χ4v) is 3.71. The summed E-state index contributed by atoms with van der Waals surface area (Å²) in [5.41, 5.74) is 1.27. The van der Waals surface area contributed by atoms with Crippen LogP contribution in [-0.2, 0) is 4.74 Å². The van der Waals surface area contributed by atoms with Gasteiger partial charge >= 0.3 is 0 Å². The molecule has 0 aromatic heterocycles. The largest absolute Gasteiger partial charge is 0.494 e. The average molecular weight is 376 g/mol. The Morgan fingerprint density at radius 3 is 1.81 bits per heavy atom. The van der Waals surface area contributed by atoms with E-state index in [0.29, 0.717) is 0 Å². The summed E-state index contributed by atoms with van der Waals surface area (Å²) in [6.07, 6.45) is 16.6. The van der Waals surface area contributed by atoms with Crippen molar-refractivity contribution >= 4 is 5.69 Å². The maximum Gasteiger partial charge on any atom is 0.119 e. The van der Waals surface area contributed by atoms with Gasteiger partial charge in [-0.2, -0.15) is 0 Å². The summed E-state index contributed by atoms with van der Waals surface area (Å²) >= 11 is 0. The van der Waals surface area contributed by atoms with Gasteiger partial charge in [-0.25, -0.2) is 0 Å². The van der Waals surface area contributed by atoms with Crippen LogP contribution < -0.4 is 9.64 Å². The summed E-state index contributed by atoms with van der Waals surface area (Å²) in [5, 5.41) is 0. The predicted octanol–water partition coefficient (Wildman–Crippen LogP) is 6.60. The molecule has 0 saturated carbocycles. The van der Waals surface area contributed by atoms with Crippen LogP contribution in [0, 0.1) is 0 Å². The number of morpholine rings is 1. The first-order valence-electron chi connectivity index (χ1n) is 11.5. The number of unbranched alkanes of at least 4 members (excludes halogenated alkanes) is 11. The van der Waals surface area contributed by atoms with Crippen molar-refractivity contribution in [3.8, 4) is 5.75 Å². The second-order valence-electron chi connectivity index (χ2n) is 7.83. The molecular weight excluding hydrogens is 334 g/mol. The minimum atomic E-state index is 0.831. The van der Waals surface area contributed by atoms with Crippen molar-refractivity contribution < 1.29 is 9.47 Å². The van der Waals surface area contributed by atoms with Crippen LogP contribution in [0.3, 0.4) is 0 Å². The summed E-state index contributed by atoms with van der Waals surface area (Å²) < 4.78 is 11.3. The summed E-state index contributed by atoms with van der Waals surface area (Å²) in [6, 6.07) is 8.54. The number of anilines is 1. The van der Waals surface area contributed by atoms with Crippen LogP contribution in [0.5, 0.6) is 5.75 Å². The van der Waals surface area contributed by atoms with Crippen LogP contribution in [0.4, 0.5) is 5.69 Å². The number of benzene rings is 1. The lowest BCUT2D eigenvalue weighted by Gasteiger charge is -2.28. The van der Waals surface area contributed by atoms with E-state index in [9.17, 15) is 0 Å². The van der Waals surface area contributed by atoms with Gasteiger partial charge in [0, 0.05) is 18.8 Å². The van der Waals surface area contributed by atoms with Crippen LogP contribution in [0.1, 0.15) is 84.0 Å². The monoisotopic (exact) mass is 375 g/mol. The first-order chi connectivity index (χ1) is 13.4. The molecule has 1 fully saturated rings. The Labute approximate surface area is 167 Å². The highest BCUT2D eigenvalue weighted by Gasteiger charge is 2.10. The SMILES string of the molecule is CCCCCCCCCCCCCCOc1ccc(N2CCOCC2)cc1. The van der Waals surface area contributed by atoms with E-state index in [4.69, 9.17) is 9.47 Å². The third kappa shape index (κ3) is 10.0. The smallest absolute Gasteiger partial charge is 0.119 e. The molecule has 0 atom stereocenters. The topological polar surface area (TPSA) is 21.7 Å². The third-order valence-corrected chi connectivity index (χ3v) is 5.48. The van der Waals surface area contributed by atoms with Gasteiger partial charge in [-0.3, -0.25) is 0 Å². The lowest BCUT2D eigenvalue weighted by Crippen LogP contribution is -2.36. The summed E-state index contributed by atoms with van der Waals surface area (Å²) in [4.78, 5) is 2.37. The molecule has 1 saturated heterocycles. The average Bonchev–Trinajstić information content (AvgIpc) is 2.72. The van der Waals surface area contributed by atoms with Crippen molar-refractivity contribution in [1.29, 1.82) is 0 Å². The molecule has 0 aliphatic carbocycles. The molecule has 1 aliphatic rings. The molecule has 0 N–H and O–H groups in total. The lowest BCUT2D eigenvalue weighted by atomic mass is 10.1. The van der Waals surface area contributed by atoms with E-state index >= 15 is 0 Å². The first kappa shape index (κ1) is 22.1. The molecule has 0 amide bonds. The standard InChI is InChI=1S/C24H41NO2/c1-2-3-4-5-6-7-8-9-10-11-12-13-20-27-24-16-14-23(15-17-24)25-18-21-26-22-19-25/h14-17H,2-13,18-22H2,1H3. The number of rotatable bonds is 15. The number of ether oxygens (including phenoxy) is 2. The quantitative estimate of drug-likeness (QED) is 0.322. The molecule has 1 aliphatic heterocycles. The zero-order chi connectivity index (χ0) is 19.0. The second-order valence-corrected chi connectivity index (χ2v) is 7.83. The van der Waals surface area contributed by atoms with Gasteiger partial charge in [0.1, 0.15) is 5.75 Å². The Kier molecular flexibility index (Phi) is 12.1. The van der Waals surface area contributed by atoms with E-state index < -0.39 is 0 Å². The summed E-state index contributed by atoms with van der Waals surface area (Å²) in [6.45, 7) is 6.76. The van der Waals surface area contributed by atoms with Gasteiger partial charge in [0.05, 0.1) is 19.8 Å². The molecule has 3 heteroatoms. The minimum absolute atomic E-state index is 0.831. The van der Waals surface area contributed by atoms with Gasteiger partial charge in [-0.05, 0) is 30.7 Å². The fourth-order valence-electron chi connectivity index (χ4n) is 3.71. The van der Waals surface area contributed by atoms with Gasteiger partial charge in [-0.15, -0.1) is 0 Å². The van der Waals surface area contributed by atoms with Gasteiger partial charge in [0.25, 0.3) is 0 Å². The van der Waals surface area contributed by atoms with Crippen molar-refractivity contribution in [2.75, 3.05) is 37.8 Å². The van der Waals surface area contributed by atoms with Gasteiger partial charge in [0.15, 0.2) is 0 Å². The Morgan fingerprint density at radius 2 is 1.26 bits per heavy atom. The molecule has 154 valence electrons. The van der Waals surface area contributed by atoms with Gasteiger partial charge in [-0.1, -0.05) is 77.6 Å². The molecular formula is C24H41NO2. The molecule has 2 rings (SSSR count). The van der Waals surface area contributed by atoms with Crippen molar-refractivity contribution in [2.24, 2.45) is 0 Å². The highest BCUT2D eigenvalue weighted by molar-refractivity contribution is 5.49. The summed E-state index contributed by atoms with van der Waals surface area (Å²) in [5.74, 6) is 0.995. The number of nitrogens with zero attached hydrogens (tertiary/aromatic N) is 1. The van der Waals surface area contributed by atoms with Crippen LogP contribution in [0.2, 0.25) is 0 Å². The van der Waals surface area contributed by atoms with Crippen molar-refractivity contribution in [2.45, 2.75) is 84.0 Å². The van der Waals surface area contributed by atoms with Crippen molar-refractivity contribution in [3.63, 3.8) is 0 Å². The Balaban J connectivity index is 1.41. The number of hydrogen-bond acceptors (Lipinski definition) is 3. The van der Waals surface area contributed by atoms with Crippen LogP contribution in [0.25, 0.3) is 0 Å². The first-order valence-corrected chi connectivity index (χ1v) is 11.5. The van der Waals surface area contributed by atoms with E-state index in [1.165, 1.54) is 82.7 Å². The zero-order valence-electron chi connectivity index (χ0n) is 17.6. The Morgan fingerprint density at radius 1 is 0.741 bits per heavy atom. The van der Waals surface area contributed by atoms with Crippen molar-refractivity contribution in [1.82, 2.24) is 0 Å². The molecule has 0 spiro atoms. The molecule has 0 unspecified atom stereocenters. The van der Waals surface area contributed by atoms with Crippen molar-refractivity contribution in [3.05, 3.63) is 24.3 Å². The van der Waals surface area contributed by atoms with Gasteiger partial charge < -0.3 is 14.4 Å². The van der Waals surface area contributed by atoms with Gasteiger partial charge in [0.2, 0.25) is 0 Å². The van der Waals surface area contributed by atoms with Crippen LogP contribution in [0.15, 0.2) is 24.3 Å². The van der Waals surface area contributed by atoms with E-state index in [2.05, 4.69) is 36.1 Å². The molecule has 0 radical (unpaired) electrons. The molecule has 0 bridgehead atoms. The maximum absolute atomic E-state index is 5.90. The van der Waals surface area contributed by atoms with E-state index in [1.807, 2.05) is 0 Å². The van der Waals surface area contributed by atoms with E-state index in [-0.39, 0.29) is 0 Å². The molecule has 27 heavy (non-hydrogen) atoms. The minimum Gasteiger partial charge on any atom is -0.494 e. The lowest BCUT2D eigenvalue weighted by molar-refractivity contribution is 0.122. The van der Waals surface area contributed by atoms with Crippen LogP contribution >= 0.6 is 0 Å². The summed E-state index contributed by atoms with van der Waals surface area (Å²) in [7, 11) is 0. The molecule has 1 heterocycles. The zero-order valence-corrected chi connectivity index (χ0v) is 17.6. The van der Waals surface area contributed by atoms with E-state index in [1.54, 1.807) is 0 Å². The fraction of sp³-hybridized carbons (Fsp3) is 0.750. The molecule has 1 aromatic rings. The Bertz CT molecular complexity index is 454. The highest BCUT2D eigenvalue weighted by Crippen LogP contribution is 2.20. The normalized spacial score (nSPS) is 14.5. The second kappa shape index (κ2) is 14.8. The van der Waals surface area contributed by atoms with E-state index in [0.717, 1.165) is 38.7 Å². The van der Waals surface area contributed by atoms with Crippen LogP contribution in [-0.4, -0.2) is 32.9 Å². The predicted molar refractivity (Wildman–Crippen MR) is 116 cm³/mol.